The summed E-state index contributed by atoms with van der Waals surface area (Å²) in [6, 6.07) is 7.17. The topological polar surface area (TPSA) is 61.8 Å². The van der Waals surface area contributed by atoms with E-state index in [4.69, 9.17) is 14.2 Å². The second-order valence-corrected chi connectivity index (χ2v) is 4.81. The molecular formula is C15H20O5. The molecule has 0 bridgehead atoms. The fourth-order valence-corrected chi connectivity index (χ4v) is 1.34. The van der Waals surface area contributed by atoms with Gasteiger partial charge in [0.15, 0.2) is 0 Å². The summed E-state index contributed by atoms with van der Waals surface area (Å²) < 4.78 is 15.0. The maximum absolute atomic E-state index is 11.5. The molecule has 20 heavy (non-hydrogen) atoms. The Morgan fingerprint density at radius 3 is 2.40 bits per heavy atom. The number of benzene rings is 1. The van der Waals surface area contributed by atoms with Gasteiger partial charge in [0.2, 0.25) is 0 Å². The minimum atomic E-state index is -0.545. The van der Waals surface area contributed by atoms with Crippen LogP contribution in [-0.4, -0.2) is 31.8 Å². The van der Waals surface area contributed by atoms with Gasteiger partial charge in [-0.25, -0.2) is 9.59 Å². The lowest BCUT2D eigenvalue weighted by Crippen LogP contribution is -2.21. The zero-order chi connectivity index (χ0) is 15.0. The molecule has 5 nitrogen and oxygen atoms in total. The summed E-state index contributed by atoms with van der Waals surface area (Å²) in [4.78, 5) is 22.8. The van der Waals surface area contributed by atoms with Gasteiger partial charge in [0.1, 0.15) is 19.0 Å². The van der Waals surface area contributed by atoms with Crippen LogP contribution in [-0.2, 0) is 19.1 Å². The molecular weight excluding hydrogens is 260 g/mol. The molecule has 0 N–H and O–H groups in total. The second-order valence-electron chi connectivity index (χ2n) is 4.81. The Morgan fingerprint density at radius 2 is 1.75 bits per heavy atom. The monoisotopic (exact) mass is 280 g/mol. The Bertz CT molecular complexity index is 453. The molecule has 0 unspecified atom stereocenters. The molecule has 0 saturated heterocycles. The highest BCUT2D eigenvalue weighted by molar-refractivity contribution is 5.75. The number of rotatable bonds is 7. The summed E-state index contributed by atoms with van der Waals surface area (Å²) >= 11 is 0. The van der Waals surface area contributed by atoms with Crippen LogP contribution in [0.25, 0.3) is 0 Å². The van der Waals surface area contributed by atoms with Gasteiger partial charge in [-0.15, -0.1) is 0 Å². The minimum Gasteiger partial charge on any atom is -0.464 e. The molecule has 0 aliphatic rings. The lowest BCUT2D eigenvalue weighted by atomic mass is 10.2. The molecule has 0 atom stereocenters. The van der Waals surface area contributed by atoms with E-state index in [1.807, 2.05) is 32.9 Å². The Labute approximate surface area is 118 Å². The molecule has 0 heterocycles. The number of hydrogen-bond donors (Lipinski definition) is 0. The van der Waals surface area contributed by atoms with E-state index in [-0.39, 0.29) is 19.1 Å². The van der Waals surface area contributed by atoms with Crippen LogP contribution in [0, 0.1) is 12.8 Å². The zero-order valence-electron chi connectivity index (χ0n) is 12.0. The number of para-hydroxylation sites is 1. The van der Waals surface area contributed by atoms with Gasteiger partial charge in [0, 0.05) is 0 Å². The fourth-order valence-electron chi connectivity index (χ4n) is 1.34. The molecule has 110 valence electrons. The highest BCUT2D eigenvalue weighted by Gasteiger charge is 2.10. The third-order valence-corrected chi connectivity index (χ3v) is 2.33. The van der Waals surface area contributed by atoms with Gasteiger partial charge < -0.3 is 14.2 Å². The molecule has 0 saturated carbocycles. The van der Waals surface area contributed by atoms with Crippen molar-refractivity contribution in [3.8, 4) is 5.75 Å². The van der Waals surface area contributed by atoms with Gasteiger partial charge in [-0.05, 0) is 24.5 Å². The lowest BCUT2D eigenvalue weighted by molar-refractivity contribution is -0.152. The predicted octanol–water partition coefficient (Wildman–Crippen LogP) is 2.12. The van der Waals surface area contributed by atoms with Crippen LogP contribution in [0.5, 0.6) is 5.75 Å². The van der Waals surface area contributed by atoms with Gasteiger partial charge >= 0.3 is 11.9 Å². The van der Waals surface area contributed by atoms with Crippen molar-refractivity contribution in [2.45, 2.75) is 20.8 Å². The first-order valence-electron chi connectivity index (χ1n) is 6.48. The zero-order valence-corrected chi connectivity index (χ0v) is 12.0. The van der Waals surface area contributed by atoms with Crippen molar-refractivity contribution in [3.05, 3.63) is 29.8 Å². The highest BCUT2D eigenvalue weighted by Crippen LogP contribution is 2.16. The van der Waals surface area contributed by atoms with Crippen molar-refractivity contribution in [1.82, 2.24) is 0 Å². The smallest absolute Gasteiger partial charge is 0.337 e. The quantitative estimate of drug-likeness (QED) is 0.565. The van der Waals surface area contributed by atoms with Crippen molar-refractivity contribution in [2.24, 2.45) is 5.92 Å². The summed E-state index contributed by atoms with van der Waals surface area (Å²) in [5.41, 5.74) is 0.859. The summed E-state index contributed by atoms with van der Waals surface area (Å²) in [7, 11) is 0. The molecule has 1 aromatic carbocycles. The third-order valence-electron chi connectivity index (χ3n) is 2.33. The van der Waals surface area contributed by atoms with Crippen LogP contribution in [0.3, 0.4) is 0 Å². The van der Waals surface area contributed by atoms with Crippen molar-refractivity contribution >= 4 is 11.9 Å². The summed E-state index contributed by atoms with van der Waals surface area (Å²) in [6.45, 7) is 5.52. The molecule has 1 rings (SSSR count). The van der Waals surface area contributed by atoms with Gasteiger partial charge in [-0.2, -0.15) is 0 Å². The van der Waals surface area contributed by atoms with Gasteiger partial charge in [0.05, 0.1) is 6.61 Å². The van der Waals surface area contributed by atoms with E-state index < -0.39 is 11.9 Å². The normalized spacial score (nSPS) is 10.4. The standard InChI is InChI=1S/C15H20O5/c1-11(2)8-19-14(16)9-18-10-15(17)20-13-7-5-4-6-12(13)3/h4-7,11H,8-10H2,1-3H3. The molecule has 0 fully saturated rings. The van der Waals surface area contributed by atoms with E-state index >= 15 is 0 Å². The second kappa shape index (κ2) is 8.32. The van der Waals surface area contributed by atoms with E-state index in [2.05, 4.69) is 0 Å². The predicted molar refractivity (Wildman–Crippen MR) is 73.4 cm³/mol. The Kier molecular flexibility index (Phi) is 6.73. The molecule has 0 spiro atoms. The summed E-state index contributed by atoms with van der Waals surface area (Å²) in [6.07, 6.45) is 0. The summed E-state index contributed by atoms with van der Waals surface area (Å²) in [5.74, 6) is -0.271. The van der Waals surface area contributed by atoms with E-state index in [1.54, 1.807) is 12.1 Å². The maximum Gasteiger partial charge on any atom is 0.337 e. The SMILES string of the molecule is Cc1ccccc1OC(=O)COCC(=O)OCC(C)C. The van der Waals surface area contributed by atoms with Gasteiger partial charge in [-0.1, -0.05) is 32.0 Å². The summed E-state index contributed by atoms with van der Waals surface area (Å²) in [5, 5.41) is 0. The molecule has 5 heteroatoms. The van der Waals surface area contributed by atoms with E-state index in [0.29, 0.717) is 12.4 Å². The highest BCUT2D eigenvalue weighted by atomic mass is 16.6. The van der Waals surface area contributed by atoms with E-state index in [1.165, 1.54) is 0 Å². The fraction of sp³-hybridized carbons (Fsp3) is 0.467. The van der Waals surface area contributed by atoms with E-state index in [0.717, 1.165) is 5.56 Å². The number of carbonyl (C=O) groups excluding carboxylic acids is 2. The van der Waals surface area contributed by atoms with Crippen LogP contribution in [0.2, 0.25) is 0 Å². The third kappa shape index (κ3) is 6.33. The largest absolute Gasteiger partial charge is 0.464 e. The molecule has 1 aromatic rings. The number of aryl methyl sites for hydroxylation is 1. The number of carbonyl (C=O) groups is 2. The Hall–Kier alpha value is -1.88. The molecule has 0 aliphatic carbocycles. The first-order valence-corrected chi connectivity index (χ1v) is 6.48. The van der Waals surface area contributed by atoms with Crippen LogP contribution in [0.1, 0.15) is 19.4 Å². The maximum atomic E-state index is 11.5. The molecule has 0 aromatic heterocycles. The first-order chi connectivity index (χ1) is 9.49. The number of hydrogen-bond acceptors (Lipinski definition) is 5. The number of esters is 2. The van der Waals surface area contributed by atoms with Crippen LogP contribution < -0.4 is 4.74 Å². The van der Waals surface area contributed by atoms with Crippen molar-refractivity contribution in [2.75, 3.05) is 19.8 Å². The average Bonchev–Trinajstić information content (AvgIpc) is 2.39. The number of ether oxygens (including phenoxy) is 3. The first kappa shape index (κ1) is 16.2. The van der Waals surface area contributed by atoms with Crippen molar-refractivity contribution in [1.29, 1.82) is 0 Å². The average molecular weight is 280 g/mol. The molecule has 0 radical (unpaired) electrons. The minimum absolute atomic E-state index is 0.254. The van der Waals surface area contributed by atoms with Crippen LogP contribution in [0.15, 0.2) is 24.3 Å². The molecule has 0 amide bonds. The van der Waals surface area contributed by atoms with Gasteiger partial charge in [-0.3, -0.25) is 0 Å². The Balaban J connectivity index is 2.24. The van der Waals surface area contributed by atoms with Crippen LogP contribution >= 0.6 is 0 Å². The Morgan fingerprint density at radius 1 is 1.10 bits per heavy atom. The van der Waals surface area contributed by atoms with Crippen molar-refractivity contribution in [3.63, 3.8) is 0 Å². The molecule has 0 aliphatic heterocycles. The van der Waals surface area contributed by atoms with Gasteiger partial charge in [0.25, 0.3) is 0 Å². The van der Waals surface area contributed by atoms with Crippen molar-refractivity contribution < 1.29 is 23.8 Å². The van der Waals surface area contributed by atoms with Crippen LogP contribution in [0.4, 0.5) is 0 Å². The van der Waals surface area contributed by atoms with E-state index in [9.17, 15) is 9.59 Å². The lowest BCUT2D eigenvalue weighted by Gasteiger charge is -2.08.